The van der Waals surface area contributed by atoms with Crippen LogP contribution in [-0.4, -0.2) is 24.4 Å². The smallest absolute Gasteiger partial charge is 0.129 e. The molecular formula is C11H19NO3. The minimum Gasteiger partial charge on any atom is -0.462 e. The van der Waals surface area contributed by atoms with E-state index in [1.165, 1.54) is 0 Å². The topological polar surface area (TPSA) is 54.6 Å². The molecule has 1 heterocycles. The number of rotatable bonds is 6. The molecule has 0 spiro atoms. The molecule has 1 aromatic rings. The van der Waals surface area contributed by atoms with E-state index < -0.39 is 5.60 Å². The monoisotopic (exact) mass is 213 g/mol. The molecule has 0 bridgehead atoms. The summed E-state index contributed by atoms with van der Waals surface area (Å²) in [5.41, 5.74) is -0.693. The average Bonchev–Trinajstić information content (AvgIpc) is 2.51. The summed E-state index contributed by atoms with van der Waals surface area (Å²) >= 11 is 0. The molecule has 15 heavy (non-hydrogen) atoms. The first-order chi connectivity index (χ1) is 7.01. The van der Waals surface area contributed by atoms with Crippen molar-refractivity contribution in [1.82, 2.24) is 5.32 Å². The highest BCUT2D eigenvalue weighted by Crippen LogP contribution is 2.08. The summed E-state index contributed by atoms with van der Waals surface area (Å²) in [4.78, 5) is 0. The first-order valence-corrected chi connectivity index (χ1v) is 5.01. The summed E-state index contributed by atoms with van der Waals surface area (Å²) in [5.74, 6) is 1.67. The van der Waals surface area contributed by atoms with Gasteiger partial charge in [0.15, 0.2) is 0 Å². The van der Waals surface area contributed by atoms with E-state index in [1.807, 2.05) is 12.1 Å². The molecule has 0 atom stereocenters. The molecule has 0 saturated carbocycles. The minimum absolute atomic E-state index is 0.492. The molecule has 0 aliphatic carbocycles. The average molecular weight is 213 g/mol. The molecular weight excluding hydrogens is 194 g/mol. The van der Waals surface area contributed by atoms with Crippen molar-refractivity contribution in [3.05, 3.63) is 23.7 Å². The van der Waals surface area contributed by atoms with Crippen molar-refractivity contribution in [1.29, 1.82) is 0 Å². The molecule has 0 aliphatic rings. The molecule has 4 heteroatoms. The maximum atomic E-state index is 9.47. The van der Waals surface area contributed by atoms with Crippen LogP contribution in [0.15, 0.2) is 16.5 Å². The Morgan fingerprint density at radius 3 is 2.67 bits per heavy atom. The molecule has 86 valence electrons. The van der Waals surface area contributed by atoms with Crippen LogP contribution in [0.25, 0.3) is 0 Å². The molecule has 1 rings (SSSR count). The van der Waals surface area contributed by atoms with Crippen molar-refractivity contribution in [2.24, 2.45) is 0 Å². The van der Waals surface area contributed by atoms with Crippen LogP contribution >= 0.6 is 0 Å². The van der Waals surface area contributed by atoms with Gasteiger partial charge in [0.05, 0.1) is 12.1 Å². The number of nitrogens with one attached hydrogen (secondary N) is 1. The van der Waals surface area contributed by atoms with E-state index in [2.05, 4.69) is 5.32 Å². The Kier molecular flexibility index (Phi) is 4.32. The van der Waals surface area contributed by atoms with E-state index in [0.717, 1.165) is 11.5 Å². The third-order valence-corrected chi connectivity index (χ3v) is 1.86. The molecule has 0 saturated heterocycles. The van der Waals surface area contributed by atoms with Crippen molar-refractivity contribution in [3.8, 4) is 0 Å². The third kappa shape index (κ3) is 4.97. The zero-order valence-corrected chi connectivity index (χ0v) is 9.54. The lowest BCUT2D eigenvalue weighted by molar-refractivity contribution is 0.0788. The van der Waals surface area contributed by atoms with Crippen LogP contribution in [-0.2, 0) is 17.9 Å². The van der Waals surface area contributed by atoms with Crippen LogP contribution in [0.2, 0.25) is 0 Å². The van der Waals surface area contributed by atoms with Gasteiger partial charge in [0, 0.05) is 13.7 Å². The van der Waals surface area contributed by atoms with Gasteiger partial charge < -0.3 is 19.6 Å². The van der Waals surface area contributed by atoms with Crippen molar-refractivity contribution in [3.63, 3.8) is 0 Å². The predicted octanol–water partition coefficient (Wildman–Crippen LogP) is 1.29. The molecule has 0 unspecified atom stereocenters. The highest BCUT2D eigenvalue weighted by molar-refractivity contribution is 5.06. The molecule has 4 nitrogen and oxygen atoms in total. The van der Waals surface area contributed by atoms with Gasteiger partial charge >= 0.3 is 0 Å². The van der Waals surface area contributed by atoms with Gasteiger partial charge in [0.2, 0.25) is 0 Å². The van der Waals surface area contributed by atoms with Crippen LogP contribution in [0, 0.1) is 0 Å². The van der Waals surface area contributed by atoms with Crippen LogP contribution in [0.1, 0.15) is 25.4 Å². The normalized spacial score (nSPS) is 12.0. The number of aliphatic hydroxyl groups is 1. The Morgan fingerprint density at radius 1 is 1.40 bits per heavy atom. The lowest BCUT2D eigenvalue weighted by Crippen LogP contribution is -2.34. The fraction of sp³-hybridized carbons (Fsp3) is 0.636. The number of hydrogen-bond acceptors (Lipinski definition) is 4. The SMILES string of the molecule is COCc1ccc(CNCC(C)(C)O)o1. The van der Waals surface area contributed by atoms with Gasteiger partial charge in [-0.3, -0.25) is 0 Å². The quantitative estimate of drug-likeness (QED) is 0.747. The predicted molar refractivity (Wildman–Crippen MR) is 57.4 cm³/mol. The van der Waals surface area contributed by atoms with E-state index in [1.54, 1.807) is 21.0 Å². The Hall–Kier alpha value is -0.840. The molecule has 0 amide bonds. The van der Waals surface area contributed by atoms with E-state index in [9.17, 15) is 5.11 Å². The maximum Gasteiger partial charge on any atom is 0.129 e. The van der Waals surface area contributed by atoms with Crippen LogP contribution < -0.4 is 5.32 Å². The van der Waals surface area contributed by atoms with Crippen LogP contribution in [0.3, 0.4) is 0 Å². The maximum absolute atomic E-state index is 9.47. The Labute approximate surface area is 90.2 Å². The summed E-state index contributed by atoms with van der Waals surface area (Å²) in [6.07, 6.45) is 0. The number of furan rings is 1. The van der Waals surface area contributed by atoms with E-state index >= 15 is 0 Å². The summed E-state index contributed by atoms with van der Waals surface area (Å²) < 4.78 is 10.4. The largest absolute Gasteiger partial charge is 0.462 e. The zero-order chi connectivity index (χ0) is 11.3. The molecule has 0 aromatic carbocycles. The highest BCUT2D eigenvalue weighted by atomic mass is 16.5. The van der Waals surface area contributed by atoms with Gasteiger partial charge in [-0.05, 0) is 26.0 Å². The summed E-state index contributed by atoms with van der Waals surface area (Å²) in [6.45, 7) is 5.17. The lowest BCUT2D eigenvalue weighted by atomic mass is 10.1. The summed E-state index contributed by atoms with van der Waals surface area (Å²) in [7, 11) is 1.63. The van der Waals surface area contributed by atoms with Crippen molar-refractivity contribution >= 4 is 0 Å². The number of hydrogen-bond donors (Lipinski definition) is 2. The standard InChI is InChI=1S/C11H19NO3/c1-11(2,13)8-12-6-9-4-5-10(15-9)7-14-3/h4-5,12-13H,6-8H2,1-3H3. The molecule has 0 aliphatic heterocycles. The minimum atomic E-state index is -0.693. The Morgan fingerprint density at radius 2 is 2.07 bits per heavy atom. The molecule has 0 radical (unpaired) electrons. The fourth-order valence-electron chi connectivity index (χ4n) is 1.23. The second-order valence-corrected chi connectivity index (χ2v) is 4.22. The molecule has 0 fully saturated rings. The Balaban J connectivity index is 2.31. The van der Waals surface area contributed by atoms with Gasteiger partial charge in [-0.1, -0.05) is 0 Å². The summed E-state index contributed by atoms with van der Waals surface area (Å²) in [5, 5.41) is 12.6. The van der Waals surface area contributed by atoms with Crippen LogP contribution in [0.4, 0.5) is 0 Å². The zero-order valence-electron chi connectivity index (χ0n) is 9.54. The van der Waals surface area contributed by atoms with Gasteiger partial charge in [-0.15, -0.1) is 0 Å². The van der Waals surface area contributed by atoms with E-state index in [-0.39, 0.29) is 0 Å². The highest BCUT2D eigenvalue weighted by Gasteiger charge is 2.11. The fourth-order valence-corrected chi connectivity index (χ4v) is 1.23. The van der Waals surface area contributed by atoms with Gasteiger partial charge in [-0.25, -0.2) is 0 Å². The second kappa shape index (κ2) is 5.30. The van der Waals surface area contributed by atoms with E-state index in [4.69, 9.17) is 9.15 Å². The van der Waals surface area contributed by atoms with Gasteiger partial charge in [0.1, 0.15) is 18.1 Å². The van der Waals surface area contributed by atoms with Gasteiger partial charge in [-0.2, -0.15) is 0 Å². The second-order valence-electron chi connectivity index (χ2n) is 4.22. The first kappa shape index (κ1) is 12.2. The molecule has 2 N–H and O–H groups in total. The van der Waals surface area contributed by atoms with Gasteiger partial charge in [0.25, 0.3) is 0 Å². The lowest BCUT2D eigenvalue weighted by Gasteiger charge is -2.16. The number of methoxy groups -OCH3 is 1. The Bertz CT molecular complexity index is 288. The first-order valence-electron chi connectivity index (χ1n) is 5.01. The van der Waals surface area contributed by atoms with E-state index in [0.29, 0.717) is 19.7 Å². The van der Waals surface area contributed by atoms with Crippen molar-refractivity contribution < 1.29 is 14.3 Å². The molecule has 1 aromatic heterocycles. The van der Waals surface area contributed by atoms with Crippen LogP contribution in [0.5, 0.6) is 0 Å². The number of ether oxygens (including phenoxy) is 1. The van der Waals surface area contributed by atoms with Crippen molar-refractivity contribution in [2.45, 2.75) is 32.6 Å². The summed E-state index contributed by atoms with van der Waals surface area (Å²) in [6, 6.07) is 3.80. The van der Waals surface area contributed by atoms with Crippen molar-refractivity contribution in [2.75, 3.05) is 13.7 Å². The third-order valence-electron chi connectivity index (χ3n) is 1.86.